The van der Waals surface area contributed by atoms with Crippen LogP contribution < -0.4 is 20.5 Å². The third kappa shape index (κ3) is 4.97. The number of amides is 2. The van der Waals surface area contributed by atoms with Crippen LogP contribution in [-0.4, -0.2) is 51.8 Å². The van der Waals surface area contributed by atoms with Crippen molar-refractivity contribution in [3.8, 4) is 11.5 Å². The quantitative estimate of drug-likeness (QED) is 0.667. The van der Waals surface area contributed by atoms with Gasteiger partial charge in [0.2, 0.25) is 21.8 Å². The molecule has 0 aliphatic carbocycles. The van der Waals surface area contributed by atoms with Crippen molar-refractivity contribution in [1.29, 1.82) is 0 Å². The monoisotopic (exact) mass is 447 g/mol. The molecule has 31 heavy (non-hydrogen) atoms. The van der Waals surface area contributed by atoms with Crippen LogP contribution in [-0.2, 0) is 14.8 Å². The molecule has 0 bridgehead atoms. The van der Waals surface area contributed by atoms with Crippen LogP contribution in [0.1, 0.15) is 23.2 Å². The van der Waals surface area contributed by atoms with Gasteiger partial charge in [-0.25, -0.2) is 8.42 Å². The second kappa shape index (κ2) is 9.36. The van der Waals surface area contributed by atoms with Gasteiger partial charge in [-0.3, -0.25) is 9.59 Å². The predicted molar refractivity (Wildman–Crippen MR) is 115 cm³/mol. The van der Waals surface area contributed by atoms with Crippen LogP contribution in [0.5, 0.6) is 11.5 Å². The number of sulfonamides is 1. The Balaban J connectivity index is 1.66. The third-order valence-electron chi connectivity index (χ3n) is 5.25. The van der Waals surface area contributed by atoms with Crippen LogP contribution in [0.15, 0.2) is 47.4 Å². The van der Waals surface area contributed by atoms with Crippen LogP contribution >= 0.6 is 0 Å². The molecule has 2 amide bonds. The third-order valence-corrected chi connectivity index (χ3v) is 7.17. The average molecular weight is 448 g/mol. The number of methoxy groups -OCH3 is 2. The summed E-state index contributed by atoms with van der Waals surface area (Å²) in [5.74, 6) is -0.410. The first kappa shape index (κ1) is 22.6. The summed E-state index contributed by atoms with van der Waals surface area (Å²) in [6, 6.07) is 10.9. The van der Waals surface area contributed by atoms with E-state index in [9.17, 15) is 18.0 Å². The smallest absolute Gasteiger partial charge is 0.248 e. The number of carbonyl (C=O) groups excluding carboxylic acids is 2. The standard InChI is InChI=1S/C21H25N3O6S/c1-29-17-7-8-18(30-2)19(13-17)31(27,28)24-11-9-15(10-12-24)21(26)23-16-5-3-14(4-6-16)20(22)25/h3-8,13,15H,9-12H2,1-2H3,(H2,22,25)(H,23,26). The predicted octanol–water partition coefficient (Wildman–Crippen LogP) is 1.84. The maximum Gasteiger partial charge on any atom is 0.248 e. The van der Waals surface area contributed by atoms with Crippen molar-refractivity contribution in [2.24, 2.45) is 11.7 Å². The Labute approximate surface area is 181 Å². The molecule has 3 N–H and O–H groups in total. The largest absolute Gasteiger partial charge is 0.497 e. The Kier molecular flexibility index (Phi) is 6.81. The lowest BCUT2D eigenvalue weighted by atomic mass is 9.97. The zero-order valence-electron chi connectivity index (χ0n) is 17.3. The van der Waals surface area contributed by atoms with Crippen molar-refractivity contribution in [2.75, 3.05) is 32.6 Å². The minimum absolute atomic E-state index is 0.0341. The number of nitrogens with two attached hydrogens (primary N) is 1. The number of rotatable bonds is 7. The highest BCUT2D eigenvalue weighted by molar-refractivity contribution is 7.89. The van der Waals surface area contributed by atoms with Gasteiger partial charge in [-0.2, -0.15) is 4.31 Å². The Morgan fingerprint density at radius 2 is 1.68 bits per heavy atom. The van der Waals surface area contributed by atoms with Crippen LogP contribution in [0, 0.1) is 5.92 Å². The summed E-state index contributed by atoms with van der Waals surface area (Å²) in [4.78, 5) is 23.8. The summed E-state index contributed by atoms with van der Waals surface area (Å²) in [5.41, 5.74) is 6.11. The molecule has 3 rings (SSSR count). The lowest BCUT2D eigenvalue weighted by molar-refractivity contribution is -0.120. The summed E-state index contributed by atoms with van der Waals surface area (Å²) >= 11 is 0. The van der Waals surface area contributed by atoms with E-state index in [1.165, 1.54) is 36.7 Å². The van der Waals surface area contributed by atoms with Gasteiger partial charge >= 0.3 is 0 Å². The van der Waals surface area contributed by atoms with E-state index in [0.29, 0.717) is 29.8 Å². The molecule has 0 saturated carbocycles. The van der Waals surface area contributed by atoms with Crippen LogP contribution in [0.2, 0.25) is 0 Å². The van der Waals surface area contributed by atoms with E-state index in [4.69, 9.17) is 15.2 Å². The van der Waals surface area contributed by atoms with Gasteiger partial charge in [0.15, 0.2) is 0 Å². The minimum atomic E-state index is -3.81. The number of piperidine rings is 1. The molecular formula is C21H25N3O6S. The first-order valence-corrected chi connectivity index (χ1v) is 11.1. The first-order chi connectivity index (χ1) is 14.8. The van der Waals surface area contributed by atoms with E-state index >= 15 is 0 Å². The molecule has 2 aromatic carbocycles. The molecule has 10 heteroatoms. The molecule has 0 unspecified atom stereocenters. The zero-order valence-corrected chi connectivity index (χ0v) is 18.1. The van der Waals surface area contributed by atoms with Crippen molar-refractivity contribution >= 4 is 27.5 Å². The maximum absolute atomic E-state index is 13.1. The van der Waals surface area contributed by atoms with E-state index in [1.807, 2.05) is 0 Å². The van der Waals surface area contributed by atoms with E-state index in [2.05, 4.69) is 5.32 Å². The normalized spacial score (nSPS) is 15.3. The molecule has 0 spiro atoms. The first-order valence-electron chi connectivity index (χ1n) is 9.69. The number of ether oxygens (including phenoxy) is 2. The van der Waals surface area contributed by atoms with Crippen molar-refractivity contribution < 1.29 is 27.5 Å². The Morgan fingerprint density at radius 3 is 2.23 bits per heavy atom. The number of nitrogens with one attached hydrogen (secondary N) is 1. The summed E-state index contributed by atoms with van der Waals surface area (Å²) < 4.78 is 38.0. The van der Waals surface area contributed by atoms with Crippen molar-refractivity contribution in [3.63, 3.8) is 0 Å². The van der Waals surface area contributed by atoms with E-state index < -0.39 is 15.9 Å². The average Bonchev–Trinajstić information content (AvgIpc) is 2.79. The zero-order chi connectivity index (χ0) is 22.6. The van der Waals surface area contributed by atoms with Gasteiger partial charge in [0.1, 0.15) is 16.4 Å². The molecule has 1 aliphatic heterocycles. The number of anilines is 1. The molecule has 166 valence electrons. The lowest BCUT2D eigenvalue weighted by Crippen LogP contribution is -2.41. The number of nitrogens with zero attached hydrogens (tertiary/aromatic N) is 1. The molecule has 9 nitrogen and oxygen atoms in total. The van der Waals surface area contributed by atoms with Crippen molar-refractivity contribution in [1.82, 2.24) is 4.31 Å². The van der Waals surface area contributed by atoms with Gasteiger partial charge in [0.25, 0.3) is 0 Å². The van der Waals surface area contributed by atoms with Gasteiger partial charge in [-0.15, -0.1) is 0 Å². The number of carbonyl (C=O) groups is 2. The Hall–Kier alpha value is -3.11. The molecule has 0 atom stereocenters. The summed E-state index contributed by atoms with van der Waals surface area (Å²) in [5, 5.41) is 2.80. The SMILES string of the molecule is COc1ccc(OC)c(S(=O)(=O)N2CCC(C(=O)Nc3ccc(C(N)=O)cc3)CC2)c1. The van der Waals surface area contributed by atoms with Crippen LogP contribution in [0.3, 0.4) is 0 Å². The lowest BCUT2D eigenvalue weighted by Gasteiger charge is -2.31. The van der Waals surface area contributed by atoms with Gasteiger partial charge < -0.3 is 20.5 Å². The van der Waals surface area contributed by atoms with Crippen LogP contribution in [0.4, 0.5) is 5.69 Å². The number of primary amides is 1. The number of benzene rings is 2. The van der Waals surface area contributed by atoms with Gasteiger partial charge in [0.05, 0.1) is 14.2 Å². The summed E-state index contributed by atoms with van der Waals surface area (Å²) in [7, 11) is -0.933. The second-order valence-corrected chi connectivity index (χ2v) is 9.03. The highest BCUT2D eigenvalue weighted by Gasteiger charge is 2.34. The number of hydrogen-bond acceptors (Lipinski definition) is 6. The molecule has 1 saturated heterocycles. The molecule has 1 fully saturated rings. The van der Waals surface area contributed by atoms with Gasteiger partial charge in [0, 0.05) is 36.3 Å². The van der Waals surface area contributed by atoms with E-state index in [0.717, 1.165) is 0 Å². The fourth-order valence-corrected chi connectivity index (χ4v) is 5.09. The molecule has 1 heterocycles. The molecular weight excluding hydrogens is 422 g/mol. The number of hydrogen-bond donors (Lipinski definition) is 2. The molecule has 0 radical (unpaired) electrons. The maximum atomic E-state index is 13.1. The fraction of sp³-hybridized carbons (Fsp3) is 0.333. The van der Waals surface area contributed by atoms with E-state index in [-0.39, 0.29) is 35.6 Å². The van der Waals surface area contributed by atoms with Gasteiger partial charge in [-0.1, -0.05) is 0 Å². The topological polar surface area (TPSA) is 128 Å². The fourth-order valence-electron chi connectivity index (χ4n) is 3.45. The Morgan fingerprint density at radius 1 is 1.03 bits per heavy atom. The highest BCUT2D eigenvalue weighted by atomic mass is 32.2. The molecule has 0 aromatic heterocycles. The minimum Gasteiger partial charge on any atom is -0.497 e. The Bertz CT molecular complexity index is 1060. The van der Waals surface area contributed by atoms with Crippen LogP contribution in [0.25, 0.3) is 0 Å². The van der Waals surface area contributed by atoms with Gasteiger partial charge in [-0.05, 0) is 49.2 Å². The molecule has 2 aromatic rings. The second-order valence-electron chi connectivity index (χ2n) is 7.13. The molecule has 1 aliphatic rings. The van der Waals surface area contributed by atoms with Crippen molar-refractivity contribution in [2.45, 2.75) is 17.7 Å². The summed E-state index contributed by atoms with van der Waals surface area (Å²) in [6.07, 6.45) is 0.771. The highest BCUT2D eigenvalue weighted by Crippen LogP contribution is 2.32. The van der Waals surface area contributed by atoms with Crippen molar-refractivity contribution in [3.05, 3.63) is 48.0 Å². The summed E-state index contributed by atoms with van der Waals surface area (Å²) in [6.45, 7) is 0.419. The van der Waals surface area contributed by atoms with E-state index in [1.54, 1.807) is 24.3 Å².